The van der Waals surface area contributed by atoms with E-state index in [1.807, 2.05) is 13.8 Å². The number of hydrogen-bond donors (Lipinski definition) is 2. The molecule has 2 rings (SSSR count). The number of ether oxygens (including phenoxy) is 2. The van der Waals surface area contributed by atoms with Gasteiger partial charge in [-0.1, -0.05) is 0 Å². The lowest BCUT2D eigenvalue weighted by atomic mass is 9.92. The van der Waals surface area contributed by atoms with E-state index in [0.29, 0.717) is 43.1 Å². The molecule has 1 aliphatic heterocycles. The van der Waals surface area contributed by atoms with Crippen LogP contribution in [0.5, 0.6) is 11.5 Å². The van der Waals surface area contributed by atoms with Gasteiger partial charge in [0.05, 0.1) is 13.2 Å². The van der Waals surface area contributed by atoms with Gasteiger partial charge in [0.2, 0.25) is 0 Å². The number of nitrogens with one attached hydrogen (secondary N) is 1. The standard InChI is InChI=1S/C17H23NO5S/c1-3-22-13-6-5-12(11-14(13)23-4-2)15(19)18-17(16(20)21)7-9-24-10-8-17/h5-6,11H,3-4,7-10H2,1-2H3,(H,18,19)(H,20,21). The molecule has 132 valence electrons. The minimum Gasteiger partial charge on any atom is -0.490 e. The monoisotopic (exact) mass is 353 g/mol. The Labute approximate surface area is 145 Å². The summed E-state index contributed by atoms with van der Waals surface area (Å²) in [6, 6.07) is 4.89. The van der Waals surface area contributed by atoms with Crippen LogP contribution >= 0.6 is 11.8 Å². The van der Waals surface area contributed by atoms with Crippen LogP contribution in [-0.2, 0) is 4.79 Å². The van der Waals surface area contributed by atoms with Crippen LogP contribution in [-0.4, -0.2) is 47.2 Å². The van der Waals surface area contributed by atoms with Crippen molar-refractivity contribution in [1.82, 2.24) is 5.32 Å². The second-order valence-electron chi connectivity index (χ2n) is 5.48. The molecular weight excluding hydrogens is 330 g/mol. The van der Waals surface area contributed by atoms with Crippen LogP contribution in [0.15, 0.2) is 18.2 Å². The number of carbonyl (C=O) groups is 2. The molecular formula is C17H23NO5S. The first-order valence-electron chi connectivity index (χ1n) is 8.05. The number of aliphatic carboxylic acids is 1. The zero-order valence-electron chi connectivity index (χ0n) is 14.0. The highest BCUT2D eigenvalue weighted by atomic mass is 32.2. The molecule has 1 fully saturated rings. The van der Waals surface area contributed by atoms with Crippen molar-refractivity contribution in [3.05, 3.63) is 23.8 Å². The number of carboxylic acids is 1. The van der Waals surface area contributed by atoms with Gasteiger partial charge in [-0.25, -0.2) is 4.79 Å². The SMILES string of the molecule is CCOc1ccc(C(=O)NC2(C(=O)O)CCSCC2)cc1OCC. The van der Waals surface area contributed by atoms with Gasteiger partial charge in [-0.3, -0.25) is 4.79 Å². The average Bonchev–Trinajstić information content (AvgIpc) is 2.57. The van der Waals surface area contributed by atoms with Gasteiger partial charge in [-0.05, 0) is 56.4 Å². The van der Waals surface area contributed by atoms with Crippen LogP contribution in [0.25, 0.3) is 0 Å². The predicted molar refractivity (Wildman–Crippen MR) is 93.2 cm³/mol. The second-order valence-corrected chi connectivity index (χ2v) is 6.71. The molecule has 1 aliphatic rings. The average molecular weight is 353 g/mol. The van der Waals surface area contributed by atoms with E-state index in [1.165, 1.54) is 0 Å². The highest BCUT2D eigenvalue weighted by molar-refractivity contribution is 7.99. The van der Waals surface area contributed by atoms with Crippen molar-refractivity contribution < 1.29 is 24.2 Å². The number of benzene rings is 1. The number of carboxylic acid groups (broad SMARTS) is 1. The Balaban J connectivity index is 2.22. The fraction of sp³-hybridized carbons (Fsp3) is 0.529. The van der Waals surface area contributed by atoms with Crippen molar-refractivity contribution >= 4 is 23.6 Å². The fourth-order valence-electron chi connectivity index (χ4n) is 2.59. The molecule has 0 aliphatic carbocycles. The number of thioether (sulfide) groups is 1. The molecule has 0 saturated carbocycles. The highest BCUT2D eigenvalue weighted by Crippen LogP contribution is 2.30. The summed E-state index contributed by atoms with van der Waals surface area (Å²) in [4.78, 5) is 24.3. The first-order valence-corrected chi connectivity index (χ1v) is 9.21. The van der Waals surface area contributed by atoms with Crippen LogP contribution in [0.4, 0.5) is 0 Å². The summed E-state index contributed by atoms with van der Waals surface area (Å²) >= 11 is 1.70. The molecule has 24 heavy (non-hydrogen) atoms. The third-order valence-corrected chi connectivity index (χ3v) is 4.90. The maximum Gasteiger partial charge on any atom is 0.329 e. The number of carbonyl (C=O) groups excluding carboxylic acids is 1. The molecule has 1 amide bonds. The summed E-state index contributed by atoms with van der Waals surface area (Å²) in [6.07, 6.45) is 0.849. The molecule has 1 aromatic carbocycles. The Bertz CT molecular complexity index is 599. The molecule has 1 saturated heterocycles. The lowest BCUT2D eigenvalue weighted by molar-refractivity contribution is -0.144. The van der Waals surface area contributed by atoms with E-state index >= 15 is 0 Å². The Morgan fingerprint density at radius 1 is 1.17 bits per heavy atom. The van der Waals surface area contributed by atoms with E-state index in [2.05, 4.69) is 5.32 Å². The third-order valence-electron chi connectivity index (χ3n) is 3.91. The van der Waals surface area contributed by atoms with Gasteiger partial charge in [0, 0.05) is 5.56 Å². The fourth-order valence-corrected chi connectivity index (χ4v) is 3.78. The zero-order valence-corrected chi connectivity index (χ0v) is 14.8. The summed E-state index contributed by atoms with van der Waals surface area (Å²) in [5.74, 6) is 1.11. The van der Waals surface area contributed by atoms with Gasteiger partial charge in [0.15, 0.2) is 11.5 Å². The van der Waals surface area contributed by atoms with E-state index in [0.717, 1.165) is 11.5 Å². The summed E-state index contributed by atoms with van der Waals surface area (Å²) in [5, 5.41) is 12.3. The van der Waals surface area contributed by atoms with Crippen molar-refractivity contribution in [2.75, 3.05) is 24.7 Å². The third kappa shape index (κ3) is 4.14. The molecule has 0 aromatic heterocycles. The maximum atomic E-state index is 12.6. The first kappa shape index (κ1) is 18.4. The molecule has 7 heteroatoms. The molecule has 1 aromatic rings. The second kappa shape index (κ2) is 8.28. The van der Waals surface area contributed by atoms with Gasteiger partial charge in [0.25, 0.3) is 5.91 Å². The smallest absolute Gasteiger partial charge is 0.329 e. The molecule has 0 atom stereocenters. The summed E-state index contributed by atoms with van der Waals surface area (Å²) in [5.41, 5.74) is -0.826. The summed E-state index contributed by atoms with van der Waals surface area (Å²) in [7, 11) is 0. The van der Waals surface area contributed by atoms with Gasteiger partial charge in [-0.2, -0.15) is 11.8 Å². The van der Waals surface area contributed by atoms with Crippen LogP contribution < -0.4 is 14.8 Å². The largest absolute Gasteiger partial charge is 0.490 e. The van der Waals surface area contributed by atoms with Gasteiger partial charge in [-0.15, -0.1) is 0 Å². The van der Waals surface area contributed by atoms with Crippen molar-refractivity contribution in [2.24, 2.45) is 0 Å². The van der Waals surface area contributed by atoms with Crippen LogP contribution in [0, 0.1) is 0 Å². The van der Waals surface area contributed by atoms with Crippen molar-refractivity contribution in [1.29, 1.82) is 0 Å². The lowest BCUT2D eigenvalue weighted by Crippen LogP contribution is -2.56. The molecule has 6 nitrogen and oxygen atoms in total. The zero-order chi connectivity index (χ0) is 17.6. The Kier molecular flexibility index (Phi) is 6.36. The van der Waals surface area contributed by atoms with Crippen LogP contribution in [0.1, 0.15) is 37.0 Å². The van der Waals surface area contributed by atoms with E-state index in [-0.39, 0.29) is 0 Å². The van der Waals surface area contributed by atoms with Gasteiger partial charge in [0.1, 0.15) is 5.54 Å². The summed E-state index contributed by atoms with van der Waals surface area (Å²) < 4.78 is 11.0. The Morgan fingerprint density at radius 2 is 1.79 bits per heavy atom. The molecule has 1 heterocycles. The number of rotatable bonds is 7. The van der Waals surface area contributed by atoms with Crippen molar-refractivity contribution in [2.45, 2.75) is 32.2 Å². The Hall–Kier alpha value is -1.89. The van der Waals surface area contributed by atoms with E-state index in [9.17, 15) is 14.7 Å². The van der Waals surface area contributed by atoms with E-state index in [4.69, 9.17) is 9.47 Å². The van der Waals surface area contributed by atoms with E-state index < -0.39 is 17.4 Å². The van der Waals surface area contributed by atoms with Gasteiger partial charge >= 0.3 is 5.97 Å². The first-order chi connectivity index (χ1) is 11.5. The van der Waals surface area contributed by atoms with Crippen molar-refractivity contribution in [3.63, 3.8) is 0 Å². The molecule has 0 unspecified atom stereocenters. The maximum absolute atomic E-state index is 12.6. The molecule has 2 N–H and O–H groups in total. The van der Waals surface area contributed by atoms with Crippen LogP contribution in [0.3, 0.4) is 0 Å². The quantitative estimate of drug-likeness (QED) is 0.784. The number of amides is 1. The molecule has 0 radical (unpaired) electrons. The number of hydrogen-bond acceptors (Lipinski definition) is 5. The summed E-state index contributed by atoms with van der Waals surface area (Å²) in [6.45, 7) is 4.66. The minimum atomic E-state index is -1.19. The normalized spacial score (nSPS) is 16.2. The predicted octanol–water partition coefficient (Wildman–Crippen LogP) is 2.56. The van der Waals surface area contributed by atoms with Gasteiger partial charge < -0.3 is 19.9 Å². The lowest BCUT2D eigenvalue weighted by Gasteiger charge is -2.33. The Morgan fingerprint density at radius 3 is 2.38 bits per heavy atom. The van der Waals surface area contributed by atoms with Crippen LogP contribution in [0.2, 0.25) is 0 Å². The molecule has 0 bridgehead atoms. The highest BCUT2D eigenvalue weighted by Gasteiger charge is 2.41. The molecule has 0 spiro atoms. The topological polar surface area (TPSA) is 84.9 Å². The van der Waals surface area contributed by atoms with E-state index in [1.54, 1.807) is 30.0 Å². The van der Waals surface area contributed by atoms with Crippen molar-refractivity contribution in [3.8, 4) is 11.5 Å². The minimum absolute atomic E-state index is 0.362.